The van der Waals surface area contributed by atoms with Crippen LogP contribution in [0.4, 0.5) is 0 Å². The molecule has 0 unspecified atom stereocenters. The van der Waals surface area contributed by atoms with Crippen molar-refractivity contribution in [1.29, 1.82) is 0 Å². The quantitative estimate of drug-likeness (QED) is 0.593. The van der Waals surface area contributed by atoms with E-state index in [2.05, 4.69) is 22.3 Å². The number of carbonyl (C=O) groups is 1. The average molecular weight is 210 g/mol. The highest BCUT2D eigenvalue weighted by atomic mass is 16.5. The second-order valence-corrected chi connectivity index (χ2v) is 3.54. The van der Waals surface area contributed by atoms with Gasteiger partial charge in [-0.2, -0.15) is 0 Å². The molecule has 0 spiro atoms. The van der Waals surface area contributed by atoms with Crippen LogP contribution in [0.2, 0.25) is 0 Å². The molecule has 0 saturated heterocycles. The van der Waals surface area contributed by atoms with Gasteiger partial charge in [0.05, 0.1) is 7.11 Å². The molecule has 0 bridgehead atoms. The van der Waals surface area contributed by atoms with E-state index in [1.165, 1.54) is 18.5 Å². The van der Waals surface area contributed by atoms with Gasteiger partial charge in [-0.1, -0.05) is 0 Å². The van der Waals surface area contributed by atoms with Crippen LogP contribution < -0.4 is 5.43 Å². The number of methoxy groups -OCH3 is 1. The highest BCUT2D eigenvalue weighted by Gasteiger charge is 2.01. The average Bonchev–Trinajstić information content (AvgIpc) is 2.54. The van der Waals surface area contributed by atoms with E-state index in [1.54, 1.807) is 0 Å². The molecular formula is C11H18N2O2. The van der Waals surface area contributed by atoms with E-state index in [4.69, 9.17) is 0 Å². The van der Waals surface area contributed by atoms with Gasteiger partial charge in [0.25, 0.3) is 0 Å². The van der Waals surface area contributed by atoms with Gasteiger partial charge >= 0.3 is 5.97 Å². The fraction of sp³-hybridized carbons (Fsp3) is 0.545. The van der Waals surface area contributed by atoms with Crippen LogP contribution in [-0.2, 0) is 9.53 Å². The predicted octanol–water partition coefficient (Wildman–Crippen LogP) is 1.60. The zero-order chi connectivity index (χ0) is 11.3. The standard InChI is InChI=1S/C11H18N2O2/c1-9-6-7-10(2)13(9)12-8-4-5-11(14)15-3/h6-7,12H,4-5,8H2,1-3H3. The van der Waals surface area contributed by atoms with Crippen molar-refractivity contribution in [1.82, 2.24) is 4.68 Å². The van der Waals surface area contributed by atoms with Crippen molar-refractivity contribution >= 4 is 5.97 Å². The molecule has 4 nitrogen and oxygen atoms in total. The Bertz CT molecular complexity index is 312. The SMILES string of the molecule is COC(=O)CCCNn1c(C)ccc1C. The number of hydrogen-bond donors (Lipinski definition) is 1. The molecule has 0 atom stereocenters. The van der Waals surface area contributed by atoms with Crippen LogP contribution in [0.5, 0.6) is 0 Å². The first kappa shape index (κ1) is 11.6. The summed E-state index contributed by atoms with van der Waals surface area (Å²) in [4.78, 5) is 10.9. The summed E-state index contributed by atoms with van der Waals surface area (Å²) < 4.78 is 6.59. The molecule has 0 aliphatic rings. The molecule has 0 amide bonds. The van der Waals surface area contributed by atoms with Crippen molar-refractivity contribution in [3.8, 4) is 0 Å². The van der Waals surface area contributed by atoms with Crippen molar-refractivity contribution < 1.29 is 9.53 Å². The summed E-state index contributed by atoms with van der Waals surface area (Å²) in [5.74, 6) is -0.155. The fourth-order valence-electron chi connectivity index (χ4n) is 1.44. The summed E-state index contributed by atoms with van der Waals surface area (Å²) in [6.45, 7) is 4.85. The molecule has 0 saturated carbocycles. The molecule has 0 radical (unpaired) electrons. The molecule has 0 aliphatic heterocycles. The smallest absolute Gasteiger partial charge is 0.305 e. The molecule has 1 rings (SSSR count). The monoisotopic (exact) mass is 210 g/mol. The van der Waals surface area contributed by atoms with E-state index in [0.717, 1.165) is 13.0 Å². The molecule has 1 aromatic rings. The molecule has 0 fully saturated rings. The first-order valence-electron chi connectivity index (χ1n) is 5.11. The Morgan fingerprint density at radius 1 is 1.40 bits per heavy atom. The minimum Gasteiger partial charge on any atom is -0.469 e. The first-order chi connectivity index (χ1) is 7.15. The zero-order valence-electron chi connectivity index (χ0n) is 9.54. The molecule has 0 aromatic carbocycles. The molecule has 1 heterocycles. The number of ether oxygens (including phenoxy) is 1. The third kappa shape index (κ3) is 3.31. The number of nitrogens with one attached hydrogen (secondary N) is 1. The van der Waals surface area contributed by atoms with Gasteiger partial charge in [-0.25, -0.2) is 0 Å². The lowest BCUT2D eigenvalue weighted by Crippen LogP contribution is -2.19. The summed E-state index contributed by atoms with van der Waals surface area (Å²) >= 11 is 0. The lowest BCUT2D eigenvalue weighted by atomic mass is 10.3. The first-order valence-corrected chi connectivity index (χ1v) is 5.11. The largest absolute Gasteiger partial charge is 0.469 e. The van der Waals surface area contributed by atoms with Crippen LogP contribution >= 0.6 is 0 Å². The predicted molar refractivity (Wildman–Crippen MR) is 59.4 cm³/mol. The number of nitrogens with zero attached hydrogens (tertiary/aromatic N) is 1. The van der Waals surface area contributed by atoms with E-state index in [-0.39, 0.29) is 5.97 Å². The number of hydrogen-bond acceptors (Lipinski definition) is 3. The Labute approximate surface area is 90.2 Å². The van der Waals surface area contributed by atoms with Gasteiger partial charge in [-0.05, 0) is 32.4 Å². The van der Waals surface area contributed by atoms with Gasteiger partial charge in [0.15, 0.2) is 0 Å². The molecule has 1 N–H and O–H groups in total. The Morgan fingerprint density at radius 2 is 2.00 bits per heavy atom. The Kier molecular flexibility index (Phi) is 4.21. The highest BCUT2D eigenvalue weighted by Crippen LogP contribution is 2.04. The van der Waals surface area contributed by atoms with E-state index in [0.29, 0.717) is 6.42 Å². The number of rotatable bonds is 5. The van der Waals surface area contributed by atoms with Crippen LogP contribution in [0.15, 0.2) is 12.1 Å². The Morgan fingerprint density at radius 3 is 2.53 bits per heavy atom. The van der Waals surface area contributed by atoms with Gasteiger partial charge < -0.3 is 10.2 Å². The Hall–Kier alpha value is -1.45. The summed E-state index contributed by atoms with van der Waals surface area (Å²) in [5, 5.41) is 0. The maximum absolute atomic E-state index is 10.9. The molecule has 1 aromatic heterocycles. The number of carbonyl (C=O) groups excluding carboxylic acids is 1. The summed E-state index contributed by atoms with van der Waals surface area (Å²) in [5.41, 5.74) is 5.59. The van der Waals surface area contributed by atoms with Gasteiger partial charge in [0.1, 0.15) is 0 Å². The van der Waals surface area contributed by atoms with E-state index in [1.807, 2.05) is 18.5 Å². The number of esters is 1. The van der Waals surface area contributed by atoms with Gasteiger partial charge in [-0.15, -0.1) is 0 Å². The second kappa shape index (κ2) is 5.44. The minimum atomic E-state index is -0.155. The van der Waals surface area contributed by atoms with Crippen LogP contribution in [0.25, 0.3) is 0 Å². The van der Waals surface area contributed by atoms with Crippen molar-refractivity contribution in [2.75, 3.05) is 19.1 Å². The highest BCUT2D eigenvalue weighted by molar-refractivity contribution is 5.69. The summed E-state index contributed by atoms with van der Waals surface area (Å²) in [7, 11) is 1.41. The van der Waals surface area contributed by atoms with Crippen LogP contribution in [-0.4, -0.2) is 24.3 Å². The van der Waals surface area contributed by atoms with Crippen molar-refractivity contribution in [2.24, 2.45) is 0 Å². The van der Waals surface area contributed by atoms with Crippen LogP contribution in [0.3, 0.4) is 0 Å². The maximum Gasteiger partial charge on any atom is 0.305 e. The van der Waals surface area contributed by atoms with Crippen molar-refractivity contribution in [3.63, 3.8) is 0 Å². The Balaban J connectivity index is 2.29. The third-order valence-corrected chi connectivity index (χ3v) is 2.33. The van der Waals surface area contributed by atoms with Crippen LogP contribution in [0.1, 0.15) is 24.2 Å². The number of aromatic nitrogens is 1. The second-order valence-electron chi connectivity index (χ2n) is 3.54. The topological polar surface area (TPSA) is 43.3 Å². The van der Waals surface area contributed by atoms with E-state index >= 15 is 0 Å². The minimum absolute atomic E-state index is 0.155. The normalized spacial score (nSPS) is 10.1. The van der Waals surface area contributed by atoms with Gasteiger partial charge in [0, 0.05) is 24.4 Å². The summed E-state index contributed by atoms with van der Waals surface area (Å²) in [6.07, 6.45) is 1.24. The lowest BCUT2D eigenvalue weighted by Gasteiger charge is -2.11. The molecular weight excluding hydrogens is 192 g/mol. The lowest BCUT2D eigenvalue weighted by molar-refractivity contribution is -0.140. The maximum atomic E-state index is 10.9. The van der Waals surface area contributed by atoms with Gasteiger partial charge in [-0.3, -0.25) is 9.47 Å². The van der Waals surface area contributed by atoms with Crippen molar-refractivity contribution in [3.05, 3.63) is 23.5 Å². The van der Waals surface area contributed by atoms with E-state index < -0.39 is 0 Å². The molecule has 84 valence electrons. The van der Waals surface area contributed by atoms with Crippen molar-refractivity contribution in [2.45, 2.75) is 26.7 Å². The zero-order valence-corrected chi connectivity index (χ0v) is 9.54. The summed E-state index contributed by atoms with van der Waals surface area (Å²) in [6, 6.07) is 4.12. The van der Waals surface area contributed by atoms with Crippen LogP contribution in [0, 0.1) is 13.8 Å². The molecule has 15 heavy (non-hydrogen) atoms. The molecule has 4 heteroatoms. The fourth-order valence-corrected chi connectivity index (χ4v) is 1.44. The number of aryl methyl sites for hydroxylation is 2. The van der Waals surface area contributed by atoms with Gasteiger partial charge in [0.2, 0.25) is 0 Å². The molecule has 0 aliphatic carbocycles. The van der Waals surface area contributed by atoms with E-state index in [9.17, 15) is 4.79 Å². The third-order valence-electron chi connectivity index (χ3n) is 2.33.